The molecule has 0 spiro atoms. The van der Waals surface area contributed by atoms with E-state index >= 15 is 0 Å². The highest BCUT2D eigenvalue weighted by Gasteiger charge is 1.98. The van der Waals surface area contributed by atoms with Crippen LogP contribution in [0.4, 0.5) is 0 Å². The minimum atomic E-state index is 0.344. The number of rotatable bonds is 11. The molecule has 0 amide bonds. The first-order chi connectivity index (χ1) is 7.31. The maximum Gasteiger partial charge on any atom is 0.136 e. The molecule has 0 saturated carbocycles. The van der Waals surface area contributed by atoms with Gasteiger partial charge in [0.2, 0.25) is 0 Å². The fourth-order valence-corrected chi connectivity index (χ4v) is 1.72. The Balaban J connectivity index is 3.04. The summed E-state index contributed by atoms with van der Waals surface area (Å²) in [6.07, 6.45) is 13.4. The van der Waals surface area contributed by atoms with E-state index in [1.807, 2.05) is 0 Å². The van der Waals surface area contributed by atoms with Gasteiger partial charge in [-0.2, -0.15) is 0 Å². The van der Waals surface area contributed by atoms with Gasteiger partial charge >= 0.3 is 0 Å². The number of hydrogen-bond donors (Lipinski definition) is 0. The van der Waals surface area contributed by atoms with Crippen molar-refractivity contribution in [1.29, 1.82) is 0 Å². The van der Waals surface area contributed by atoms with Gasteiger partial charge in [0.1, 0.15) is 5.78 Å². The maximum absolute atomic E-state index is 11.1. The van der Waals surface area contributed by atoms with Gasteiger partial charge in [0.25, 0.3) is 0 Å². The third-order valence-electron chi connectivity index (χ3n) is 2.68. The number of carbonyl (C=O) groups excluding carboxylic acids is 1. The van der Waals surface area contributed by atoms with Gasteiger partial charge in [0.05, 0.1) is 0 Å². The van der Waals surface area contributed by atoms with Crippen LogP contribution in [0, 0.1) is 0 Å². The van der Waals surface area contributed by atoms with Crippen molar-refractivity contribution in [2.75, 3.05) is 0 Å². The Morgan fingerprint density at radius 1 is 1.00 bits per heavy atom. The molecule has 0 atom stereocenters. The molecule has 0 aliphatic heterocycles. The van der Waals surface area contributed by atoms with Crippen molar-refractivity contribution in [3.8, 4) is 0 Å². The monoisotopic (exact) mass is 210 g/mol. The van der Waals surface area contributed by atoms with Crippen LogP contribution in [0.3, 0.4) is 0 Å². The molecule has 0 bridgehead atoms. The van der Waals surface area contributed by atoms with Crippen molar-refractivity contribution >= 4 is 5.78 Å². The number of ketones is 1. The summed E-state index contributed by atoms with van der Waals surface area (Å²) in [7, 11) is 0. The lowest BCUT2D eigenvalue weighted by atomic mass is 10.1. The van der Waals surface area contributed by atoms with Crippen molar-refractivity contribution in [2.24, 2.45) is 0 Å². The predicted molar refractivity (Wildman–Crippen MR) is 67.0 cm³/mol. The van der Waals surface area contributed by atoms with E-state index in [1.165, 1.54) is 44.9 Å². The molecule has 0 fully saturated rings. The van der Waals surface area contributed by atoms with Crippen LogP contribution in [-0.4, -0.2) is 5.78 Å². The van der Waals surface area contributed by atoms with E-state index in [1.54, 1.807) is 6.08 Å². The maximum atomic E-state index is 11.1. The first kappa shape index (κ1) is 14.4. The molecule has 1 nitrogen and oxygen atoms in total. The van der Waals surface area contributed by atoms with E-state index in [0.29, 0.717) is 12.2 Å². The van der Waals surface area contributed by atoms with E-state index in [0.717, 1.165) is 12.8 Å². The average Bonchev–Trinajstić information content (AvgIpc) is 2.22. The molecule has 0 N–H and O–H groups in total. The van der Waals surface area contributed by atoms with Gasteiger partial charge in [-0.05, 0) is 6.42 Å². The summed E-state index contributed by atoms with van der Waals surface area (Å²) in [6, 6.07) is 0. The van der Waals surface area contributed by atoms with Gasteiger partial charge in [-0.3, -0.25) is 4.79 Å². The average molecular weight is 210 g/mol. The summed E-state index contributed by atoms with van der Waals surface area (Å²) in [5.74, 6) is 0.344. The molecule has 88 valence electrons. The second-order valence-electron chi connectivity index (χ2n) is 4.26. The van der Waals surface area contributed by atoms with Crippen LogP contribution in [0.15, 0.2) is 12.7 Å². The summed E-state index contributed by atoms with van der Waals surface area (Å²) in [5.41, 5.74) is 0. The van der Waals surface area contributed by atoms with Crippen molar-refractivity contribution in [3.05, 3.63) is 12.7 Å². The minimum absolute atomic E-state index is 0.344. The second-order valence-corrected chi connectivity index (χ2v) is 4.26. The van der Waals surface area contributed by atoms with Gasteiger partial charge in [-0.15, -0.1) is 6.58 Å². The van der Waals surface area contributed by atoms with Gasteiger partial charge in [0.15, 0.2) is 0 Å². The normalized spacial score (nSPS) is 10.2. The Morgan fingerprint density at radius 2 is 1.53 bits per heavy atom. The predicted octanol–water partition coefficient (Wildman–Crippen LogP) is 4.66. The Kier molecular flexibility index (Phi) is 11.0. The zero-order chi connectivity index (χ0) is 11.4. The van der Waals surface area contributed by atoms with E-state index in [9.17, 15) is 4.79 Å². The zero-order valence-corrected chi connectivity index (χ0v) is 10.3. The highest BCUT2D eigenvalue weighted by molar-refractivity contribution is 5.79. The first-order valence-electron chi connectivity index (χ1n) is 6.43. The summed E-state index contributed by atoms with van der Waals surface area (Å²) >= 11 is 0. The third kappa shape index (κ3) is 11.3. The number of unbranched alkanes of at least 4 members (excludes halogenated alkanes) is 7. The van der Waals surface area contributed by atoms with Crippen LogP contribution >= 0.6 is 0 Å². The highest BCUT2D eigenvalue weighted by atomic mass is 16.1. The molecule has 0 saturated heterocycles. The molecule has 0 aromatic heterocycles. The fraction of sp³-hybridized carbons (Fsp3) is 0.786. The molecule has 0 aromatic rings. The summed E-state index contributed by atoms with van der Waals surface area (Å²) < 4.78 is 0. The second kappa shape index (κ2) is 11.5. The van der Waals surface area contributed by atoms with Crippen molar-refractivity contribution < 1.29 is 4.79 Å². The topological polar surface area (TPSA) is 17.1 Å². The third-order valence-corrected chi connectivity index (χ3v) is 2.68. The van der Waals surface area contributed by atoms with Gasteiger partial charge < -0.3 is 0 Å². The standard InChI is InChI=1S/C14H26O/c1-3-5-6-7-8-9-10-11-13-14(15)12-4-2/h4H,2-3,5-13H2,1H3. The van der Waals surface area contributed by atoms with Crippen LogP contribution in [0.2, 0.25) is 0 Å². The fourth-order valence-electron chi connectivity index (χ4n) is 1.72. The van der Waals surface area contributed by atoms with Crippen LogP contribution < -0.4 is 0 Å². The number of allylic oxidation sites excluding steroid dienone is 1. The summed E-state index contributed by atoms with van der Waals surface area (Å²) in [6.45, 7) is 5.81. The Bertz CT molecular complexity index is 161. The van der Waals surface area contributed by atoms with Gasteiger partial charge in [-0.1, -0.05) is 57.9 Å². The molecule has 0 aliphatic rings. The van der Waals surface area contributed by atoms with E-state index in [-0.39, 0.29) is 0 Å². The van der Waals surface area contributed by atoms with Crippen LogP contribution in [0.5, 0.6) is 0 Å². The van der Waals surface area contributed by atoms with E-state index in [2.05, 4.69) is 13.5 Å². The summed E-state index contributed by atoms with van der Waals surface area (Å²) in [5, 5.41) is 0. The molecule has 0 radical (unpaired) electrons. The van der Waals surface area contributed by atoms with Crippen LogP contribution in [-0.2, 0) is 4.79 Å². The number of Topliss-reactive ketones (excluding diaryl/α,β-unsaturated/α-hetero) is 1. The molecular weight excluding hydrogens is 184 g/mol. The largest absolute Gasteiger partial charge is 0.299 e. The van der Waals surface area contributed by atoms with Crippen LogP contribution in [0.1, 0.15) is 71.1 Å². The number of hydrogen-bond acceptors (Lipinski definition) is 1. The van der Waals surface area contributed by atoms with Crippen molar-refractivity contribution in [1.82, 2.24) is 0 Å². The molecule has 0 rings (SSSR count). The molecule has 0 aliphatic carbocycles. The zero-order valence-electron chi connectivity index (χ0n) is 10.3. The lowest BCUT2D eigenvalue weighted by molar-refractivity contribution is -0.118. The number of carbonyl (C=O) groups is 1. The highest BCUT2D eigenvalue weighted by Crippen LogP contribution is 2.10. The van der Waals surface area contributed by atoms with Crippen molar-refractivity contribution in [3.63, 3.8) is 0 Å². The molecule has 0 heterocycles. The molecule has 0 unspecified atom stereocenters. The van der Waals surface area contributed by atoms with E-state index < -0.39 is 0 Å². The van der Waals surface area contributed by atoms with Crippen molar-refractivity contribution in [2.45, 2.75) is 71.1 Å². The first-order valence-corrected chi connectivity index (χ1v) is 6.43. The lowest BCUT2D eigenvalue weighted by Gasteiger charge is -2.00. The van der Waals surface area contributed by atoms with E-state index in [4.69, 9.17) is 0 Å². The Labute approximate surface area is 95.0 Å². The quantitative estimate of drug-likeness (QED) is 0.358. The lowest BCUT2D eigenvalue weighted by Crippen LogP contribution is -1.94. The molecule has 0 aromatic carbocycles. The molecular formula is C14H26O. The molecule has 1 heteroatoms. The van der Waals surface area contributed by atoms with Gasteiger partial charge in [-0.25, -0.2) is 0 Å². The van der Waals surface area contributed by atoms with Crippen LogP contribution in [0.25, 0.3) is 0 Å². The Morgan fingerprint density at radius 3 is 2.07 bits per heavy atom. The van der Waals surface area contributed by atoms with Gasteiger partial charge in [0, 0.05) is 12.8 Å². The summed E-state index contributed by atoms with van der Waals surface area (Å²) in [4.78, 5) is 11.1. The smallest absolute Gasteiger partial charge is 0.136 e. The Hall–Kier alpha value is -0.590. The molecule has 15 heavy (non-hydrogen) atoms. The minimum Gasteiger partial charge on any atom is -0.299 e. The SMILES string of the molecule is C=CCC(=O)CCCCCCCCCC.